The largest absolute Gasteiger partial charge is 0.391 e. The Morgan fingerprint density at radius 1 is 1.18 bits per heavy atom. The minimum atomic E-state index is -1.72. The number of carbonyl (C=O) groups is 2. The second-order valence-corrected chi connectivity index (χ2v) is 8.66. The van der Waals surface area contributed by atoms with Gasteiger partial charge in [-0.05, 0) is 51.0 Å². The molecule has 4 nitrogen and oxygen atoms in total. The highest BCUT2D eigenvalue weighted by Crippen LogP contribution is 2.40. The molecule has 152 valence electrons. The first-order valence-corrected chi connectivity index (χ1v) is 9.91. The van der Waals surface area contributed by atoms with E-state index in [0.717, 1.165) is 11.1 Å². The second-order valence-electron chi connectivity index (χ2n) is 8.66. The molecule has 1 fully saturated rings. The first kappa shape index (κ1) is 22.1. The van der Waals surface area contributed by atoms with Crippen LogP contribution in [0.4, 0.5) is 0 Å². The Bertz CT molecular complexity index is 789. The highest BCUT2D eigenvalue weighted by Gasteiger charge is 2.46. The van der Waals surface area contributed by atoms with Crippen molar-refractivity contribution in [2.75, 3.05) is 0 Å². The summed E-state index contributed by atoms with van der Waals surface area (Å²) in [6, 6.07) is 0. The molecule has 1 heterocycles. The van der Waals surface area contributed by atoms with Gasteiger partial charge in [0.05, 0.1) is 6.42 Å². The van der Waals surface area contributed by atoms with E-state index in [2.05, 4.69) is 44.6 Å². The molecule has 1 aliphatic heterocycles. The van der Waals surface area contributed by atoms with Crippen molar-refractivity contribution in [2.45, 2.75) is 72.3 Å². The molecular formula is C24H32O4. The third-order valence-electron chi connectivity index (χ3n) is 5.56. The van der Waals surface area contributed by atoms with E-state index in [9.17, 15) is 14.7 Å². The highest BCUT2D eigenvalue weighted by molar-refractivity contribution is 5.99. The van der Waals surface area contributed by atoms with E-state index in [0.29, 0.717) is 0 Å². The number of allylic oxidation sites excluding steroid dienone is 9. The van der Waals surface area contributed by atoms with E-state index in [4.69, 9.17) is 0 Å². The lowest BCUT2D eigenvalue weighted by atomic mass is 9.72. The summed E-state index contributed by atoms with van der Waals surface area (Å²) in [5.74, 6) is -1.53. The van der Waals surface area contributed by atoms with Gasteiger partial charge < -0.3 is 9.84 Å². The first-order chi connectivity index (χ1) is 13.0. The van der Waals surface area contributed by atoms with Crippen molar-refractivity contribution in [3.05, 3.63) is 58.7 Å². The molecule has 1 atom stereocenters. The molecule has 4 heteroatoms. The van der Waals surface area contributed by atoms with Crippen molar-refractivity contribution < 1.29 is 19.4 Å². The van der Waals surface area contributed by atoms with Crippen LogP contribution in [0.1, 0.15) is 66.7 Å². The maximum atomic E-state index is 11.5. The molecule has 1 saturated heterocycles. The average Bonchev–Trinajstić information content (AvgIpc) is 2.84. The van der Waals surface area contributed by atoms with E-state index in [-0.39, 0.29) is 18.3 Å². The van der Waals surface area contributed by atoms with Gasteiger partial charge in [0.1, 0.15) is 0 Å². The van der Waals surface area contributed by atoms with Crippen LogP contribution in [0, 0.1) is 5.41 Å². The molecule has 0 aromatic heterocycles. The van der Waals surface area contributed by atoms with Gasteiger partial charge >= 0.3 is 11.9 Å². The van der Waals surface area contributed by atoms with Gasteiger partial charge in [-0.3, -0.25) is 4.79 Å². The van der Waals surface area contributed by atoms with E-state index in [1.54, 1.807) is 6.08 Å². The fourth-order valence-electron chi connectivity index (χ4n) is 3.73. The fourth-order valence-corrected chi connectivity index (χ4v) is 3.73. The minimum Gasteiger partial charge on any atom is -0.391 e. The topological polar surface area (TPSA) is 63.6 Å². The summed E-state index contributed by atoms with van der Waals surface area (Å²) < 4.78 is 4.42. The Balaban J connectivity index is 1.97. The molecule has 0 radical (unpaired) electrons. The zero-order valence-corrected chi connectivity index (χ0v) is 17.7. The van der Waals surface area contributed by atoms with Gasteiger partial charge in [0, 0.05) is 6.42 Å². The maximum absolute atomic E-state index is 11.5. The van der Waals surface area contributed by atoms with Crippen molar-refractivity contribution in [1.82, 2.24) is 0 Å². The smallest absolute Gasteiger partial charge is 0.346 e. The summed E-state index contributed by atoms with van der Waals surface area (Å²) in [4.78, 5) is 22.7. The number of esters is 2. The van der Waals surface area contributed by atoms with Crippen LogP contribution in [-0.2, 0) is 14.3 Å². The van der Waals surface area contributed by atoms with Crippen LogP contribution < -0.4 is 0 Å². The molecule has 0 spiro atoms. The Hall–Kier alpha value is -2.20. The maximum Gasteiger partial charge on any atom is 0.346 e. The Morgan fingerprint density at radius 2 is 1.89 bits per heavy atom. The predicted octanol–water partition coefficient (Wildman–Crippen LogP) is 5.11. The molecule has 0 saturated carbocycles. The van der Waals surface area contributed by atoms with Crippen LogP contribution in [0.25, 0.3) is 0 Å². The van der Waals surface area contributed by atoms with Crippen LogP contribution in [0.3, 0.4) is 0 Å². The lowest BCUT2D eigenvalue weighted by Gasteiger charge is -2.32. The predicted molar refractivity (Wildman–Crippen MR) is 111 cm³/mol. The summed E-state index contributed by atoms with van der Waals surface area (Å²) in [5, 5.41) is 10.2. The van der Waals surface area contributed by atoms with Crippen molar-refractivity contribution >= 4 is 11.9 Å². The average molecular weight is 385 g/mol. The van der Waals surface area contributed by atoms with Crippen molar-refractivity contribution in [3.63, 3.8) is 0 Å². The molecule has 2 aliphatic rings. The molecule has 0 bridgehead atoms. The van der Waals surface area contributed by atoms with Gasteiger partial charge in [0.2, 0.25) is 0 Å². The van der Waals surface area contributed by atoms with Crippen LogP contribution in [-0.4, -0.2) is 22.6 Å². The number of aliphatic hydroxyl groups is 1. The highest BCUT2D eigenvalue weighted by atomic mass is 16.6. The number of cyclic esters (lactones) is 2. The fraction of sp³-hybridized carbons (Fsp3) is 0.500. The van der Waals surface area contributed by atoms with Crippen molar-refractivity contribution in [1.29, 1.82) is 0 Å². The zero-order valence-electron chi connectivity index (χ0n) is 17.7. The molecule has 0 amide bonds. The third kappa shape index (κ3) is 5.65. The number of hydrogen-bond acceptors (Lipinski definition) is 4. The standard InChI is InChI=1S/C24H32O4/c1-17(11-12-20-19(3)10-7-14-23(20,4)5)8-6-9-18(2)13-15-24(27)16-21(25)28-22(24)26/h6,8-9,11-13,27H,7,10,14-16H2,1-5H3. The summed E-state index contributed by atoms with van der Waals surface area (Å²) >= 11 is 0. The third-order valence-corrected chi connectivity index (χ3v) is 5.56. The molecule has 28 heavy (non-hydrogen) atoms. The van der Waals surface area contributed by atoms with Gasteiger partial charge in [-0.15, -0.1) is 0 Å². The SMILES string of the molecule is CC(C=CC1=C(C)CCCC1(C)C)=CC=CC(C)=CCC1(O)CC(=O)OC1=O. The normalized spacial score (nSPS) is 26.6. The summed E-state index contributed by atoms with van der Waals surface area (Å²) in [6.07, 6.45) is 15.5. The Morgan fingerprint density at radius 3 is 2.50 bits per heavy atom. The number of hydrogen-bond donors (Lipinski definition) is 1. The van der Waals surface area contributed by atoms with Gasteiger partial charge in [-0.2, -0.15) is 0 Å². The second kappa shape index (κ2) is 8.87. The van der Waals surface area contributed by atoms with E-state index in [1.807, 2.05) is 25.2 Å². The lowest BCUT2D eigenvalue weighted by Crippen LogP contribution is -2.33. The van der Waals surface area contributed by atoms with Gasteiger partial charge in [0.25, 0.3) is 0 Å². The summed E-state index contributed by atoms with van der Waals surface area (Å²) in [7, 11) is 0. The molecule has 0 aromatic rings. The minimum absolute atomic E-state index is 0.0683. The van der Waals surface area contributed by atoms with Gasteiger partial charge in [0.15, 0.2) is 5.60 Å². The monoisotopic (exact) mass is 384 g/mol. The zero-order chi connectivity index (χ0) is 20.9. The number of carbonyl (C=O) groups excluding carboxylic acids is 2. The van der Waals surface area contributed by atoms with Crippen LogP contribution in [0.2, 0.25) is 0 Å². The van der Waals surface area contributed by atoms with Gasteiger partial charge in [-0.1, -0.05) is 67.0 Å². The lowest BCUT2D eigenvalue weighted by molar-refractivity contribution is -0.158. The van der Waals surface area contributed by atoms with Crippen LogP contribution in [0.5, 0.6) is 0 Å². The molecule has 1 N–H and O–H groups in total. The van der Waals surface area contributed by atoms with E-state index < -0.39 is 17.5 Å². The molecular weight excluding hydrogens is 352 g/mol. The summed E-state index contributed by atoms with van der Waals surface area (Å²) in [5.41, 5.74) is 3.49. The van der Waals surface area contributed by atoms with Crippen LogP contribution in [0.15, 0.2) is 58.7 Å². The van der Waals surface area contributed by atoms with Crippen molar-refractivity contribution in [3.8, 4) is 0 Å². The Kier molecular flexibility index (Phi) is 7.00. The molecule has 1 unspecified atom stereocenters. The van der Waals surface area contributed by atoms with Gasteiger partial charge in [-0.25, -0.2) is 4.79 Å². The first-order valence-electron chi connectivity index (χ1n) is 9.91. The molecule has 0 aromatic carbocycles. The van der Waals surface area contributed by atoms with E-state index in [1.165, 1.54) is 30.4 Å². The quantitative estimate of drug-likeness (QED) is 0.392. The van der Waals surface area contributed by atoms with E-state index >= 15 is 0 Å². The summed E-state index contributed by atoms with van der Waals surface area (Å²) in [6.45, 7) is 10.8. The van der Waals surface area contributed by atoms with Crippen molar-refractivity contribution in [2.24, 2.45) is 5.41 Å². The molecule has 1 aliphatic carbocycles. The number of rotatable bonds is 6. The molecule has 2 rings (SSSR count). The number of ether oxygens (including phenoxy) is 1. The Labute approximate surface area is 168 Å². The van der Waals surface area contributed by atoms with Crippen LogP contribution >= 0.6 is 0 Å².